The van der Waals surface area contributed by atoms with Crippen LogP contribution >= 0.6 is 0 Å². The summed E-state index contributed by atoms with van der Waals surface area (Å²) < 4.78 is 1.87. The molecule has 0 saturated carbocycles. The quantitative estimate of drug-likeness (QED) is 0.789. The van der Waals surface area contributed by atoms with Crippen LogP contribution in [0.3, 0.4) is 0 Å². The third kappa shape index (κ3) is 3.20. The molecule has 0 bridgehead atoms. The molecule has 0 radical (unpaired) electrons. The van der Waals surface area contributed by atoms with Crippen molar-refractivity contribution in [3.8, 4) is 5.69 Å². The van der Waals surface area contributed by atoms with Crippen LogP contribution in [0, 0.1) is 6.92 Å². The summed E-state index contributed by atoms with van der Waals surface area (Å²) in [7, 11) is 0. The first-order valence-corrected chi connectivity index (χ1v) is 8.72. The van der Waals surface area contributed by atoms with Crippen LogP contribution in [-0.2, 0) is 24.1 Å². The number of fused-ring (bicyclic) bond motifs is 1. The summed E-state index contributed by atoms with van der Waals surface area (Å²) in [6, 6.07) is 18.1. The van der Waals surface area contributed by atoms with Gasteiger partial charge in [-0.25, -0.2) is 4.68 Å². The summed E-state index contributed by atoms with van der Waals surface area (Å²) in [6.07, 6.45) is 3.43. The zero-order valence-electron chi connectivity index (χ0n) is 14.3. The van der Waals surface area contributed by atoms with E-state index in [1.165, 1.54) is 11.1 Å². The Morgan fingerprint density at radius 2 is 1.96 bits per heavy atom. The van der Waals surface area contributed by atoms with Gasteiger partial charge in [-0.1, -0.05) is 48.0 Å². The zero-order valence-corrected chi connectivity index (χ0v) is 14.3. The Bertz CT molecular complexity index is 912. The summed E-state index contributed by atoms with van der Waals surface area (Å²) in [5.74, 6) is 0.828. The van der Waals surface area contributed by atoms with Crippen molar-refractivity contribution < 1.29 is 4.79 Å². The van der Waals surface area contributed by atoms with E-state index in [0.717, 1.165) is 42.0 Å². The largest absolute Gasteiger partial charge is 0.310 e. The number of hydrogen-bond acceptors (Lipinski definition) is 2. The number of nitrogens with zero attached hydrogens (tertiary/aromatic N) is 2. The number of hydrogen-bond donors (Lipinski definition) is 1. The van der Waals surface area contributed by atoms with E-state index < -0.39 is 0 Å². The van der Waals surface area contributed by atoms with Gasteiger partial charge in [0.25, 0.3) is 0 Å². The third-order valence-corrected chi connectivity index (χ3v) is 4.61. The summed E-state index contributed by atoms with van der Waals surface area (Å²) in [5.41, 5.74) is 5.46. The molecule has 1 aliphatic rings. The highest BCUT2D eigenvalue weighted by Crippen LogP contribution is 2.31. The highest BCUT2D eigenvalue weighted by atomic mass is 16.1. The molecule has 0 spiro atoms. The zero-order chi connectivity index (χ0) is 17.2. The second-order valence-electron chi connectivity index (χ2n) is 6.59. The van der Waals surface area contributed by atoms with Crippen LogP contribution in [0.2, 0.25) is 0 Å². The van der Waals surface area contributed by atoms with Gasteiger partial charge in [0.1, 0.15) is 5.82 Å². The molecule has 4 nitrogen and oxygen atoms in total. The van der Waals surface area contributed by atoms with Crippen LogP contribution in [-0.4, -0.2) is 15.7 Å². The van der Waals surface area contributed by atoms with Crippen LogP contribution in [0.1, 0.15) is 28.8 Å². The van der Waals surface area contributed by atoms with E-state index in [2.05, 4.69) is 11.4 Å². The van der Waals surface area contributed by atoms with Gasteiger partial charge in [0.05, 0.1) is 17.8 Å². The Hall–Kier alpha value is -2.88. The van der Waals surface area contributed by atoms with E-state index >= 15 is 0 Å². The Morgan fingerprint density at radius 3 is 2.76 bits per heavy atom. The van der Waals surface area contributed by atoms with Crippen molar-refractivity contribution in [2.75, 3.05) is 5.32 Å². The maximum Gasteiger partial charge on any atom is 0.229 e. The van der Waals surface area contributed by atoms with Gasteiger partial charge in [-0.3, -0.25) is 4.79 Å². The highest BCUT2D eigenvalue weighted by Gasteiger charge is 2.24. The van der Waals surface area contributed by atoms with Crippen molar-refractivity contribution in [2.45, 2.75) is 32.6 Å². The van der Waals surface area contributed by atoms with E-state index in [1.807, 2.05) is 60.1 Å². The van der Waals surface area contributed by atoms with Gasteiger partial charge >= 0.3 is 0 Å². The SMILES string of the molecule is Cc1cccc(CC(=O)Nc2c3c(nn2-c2ccccc2)CCC3)c1. The summed E-state index contributed by atoms with van der Waals surface area (Å²) in [5, 5.41) is 7.86. The normalized spacial score (nSPS) is 12.8. The van der Waals surface area contributed by atoms with Gasteiger partial charge in [0, 0.05) is 5.56 Å². The van der Waals surface area contributed by atoms with Crippen molar-refractivity contribution in [3.05, 3.63) is 77.0 Å². The Kier molecular flexibility index (Phi) is 4.10. The Morgan fingerprint density at radius 1 is 1.12 bits per heavy atom. The molecule has 25 heavy (non-hydrogen) atoms. The fourth-order valence-electron chi connectivity index (χ4n) is 3.46. The molecule has 0 unspecified atom stereocenters. The van der Waals surface area contributed by atoms with Crippen molar-refractivity contribution in [1.29, 1.82) is 0 Å². The lowest BCUT2D eigenvalue weighted by Crippen LogP contribution is -2.18. The molecule has 0 saturated heterocycles. The number of rotatable bonds is 4. The summed E-state index contributed by atoms with van der Waals surface area (Å²) in [6.45, 7) is 2.04. The smallest absolute Gasteiger partial charge is 0.229 e. The van der Waals surface area contributed by atoms with Crippen molar-refractivity contribution in [2.24, 2.45) is 0 Å². The average Bonchev–Trinajstić information content (AvgIpc) is 3.18. The number of aromatic nitrogens is 2. The van der Waals surface area contributed by atoms with Crippen molar-refractivity contribution in [1.82, 2.24) is 9.78 Å². The average molecular weight is 331 g/mol. The lowest BCUT2D eigenvalue weighted by atomic mass is 10.1. The maximum absolute atomic E-state index is 12.6. The van der Waals surface area contributed by atoms with Crippen LogP contribution in [0.5, 0.6) is 0 Å². The molecule has 0 atom stereocenters. The first-order chi connectivity index (χ1) is 12.2. The topological polar surface area (TPSA) is 46.9 Å². The molecule has 0 aliphatic heterocycles. The van der Waals surface area contributed by atoms with Crippen LogP contribution < -0.4 is 5.32 Å². The third-order valence-electron chi connectivity index (χ3n) is 4.61. The van der Waals surface area contributed by atoms with E-state index in [1.54, 1.807) is 0 Å². The number of carbonyl (C=O) groups is 1. The molecule has 1 amide bonds. The van der Waals surface area contributed by atoms with E-state index in [4.69, 9.17) is 5.10 Å². The van der Waals surface area contributed by atoms with Crippen molar-refractivity contribution in [3.63, 3.8) is 0 Å². The predicted octanol–water partition coefficient (Wildman–Crippen LogP) is 3.85. The lowest BCUT2D eigenvalue weighted by Gasteiger charge is -2.11. The van der Waals surface area contributed by atoms with Gasteiger partial charge < -0.3 is 5.32 Å². The molecule has 126 valence electrons. The minimum absolute atomic E-state index is 0.00242. The Labute approximate surface area is 147 Å². The van der Waals surface area contributed by atoms with E-state index in [9.17, 15) is 4.79 Å². The number of anilines is 1. The molecule has 1 N–H and O–H groups in total. The van der Waals surface area contributed by atoms with Gasteiger partial charge in [0.15, 0.2) is 0 Å². The van der Waals surface area contributed by atoms with E-state index in [-0.39, 0.29) is 5.91 Å². The second kappa shape index (κ2) is 6.55. The van der Waals surface area contributed by atoms with Crippen LogP contribution in [0.15, 0.2) is 54.6 Å². The maximum atomic E-state index is 12.6. The van der Waals surface area contributed by atoms with Crippen LogP contribution in [0.4, 0.5) is 5.82 Å². The molecular formula is C21H21N3O. The number of para-hydroxylation sites is 1. The molecule has 2 aromatic carbocycles. The molecule has 4 heteroatoms. The molecule has 4 rings (SSSR count). The first kappa shape index (κ1) is 15.6. The minimum Gasteiger partial charge on any atom is -0.310 e. The lowest BCUT2D eigenvalue weighted by molar-refractivity contribution is -0.115. The van der Waals surface area contributed by atoms with Gasteiger partial charge in [0.2, 0.25) is 5.91 Å². The summed E-state index contributed by atoms with van der Waals surface area (Å²) in [4.78, 5) is 12.6. The van der Waals surface area contributed by atoms with Gasteiger partial charge in [-0.15, -0.1) is 0 Å². The fourth-order valence-corrected chi connectivity index (χ4v) is 3.46. The van der Waals surface area contributed by atoms with Gasteiger partial charge in [-0.2, -0.15) is 5.10 Å². The minimum atomic E-state index is -0.00242. The fraction of sp³-hybridized carbons (Fsp3) is 0.238. The number of benzene rings is 2. The van der Waals surface area contributed by atoms with E-state index in [0.29, 0.717) is 6.42 Å². The number of carbonyl (C=O) groups excluding carboxylic acids is 1. The second-order valence-corrected chi connectivity index (χ2v) is 6.59. The number of nitrogens with one attached hydrogen (secondary N) is 1. The van der Waals surface area contributed by atoms with Crippen LogP contribution in [0.25, 0.3) is 5.69 Å². The molecule has 1 heterocycles. The Balaban J connectivity index is 1.62. The predicted molar refractivity (Wildman–Crippen MR) is 99.1 cm³/mol. The number of amides is 1. The molecule has 1 aliphatic carbocycles. The van der Waals surface area contributed by atoms with Gasteiger partial charge in [-0.05, 0) is 43.9 Å². The molecular weight excluding hydrogens is 310 g/mol. The molecule has 3 aromatic rings. The monoisotopic (exact) mass is 331 g/mol. The molecule has 0 fully saturated rings. The summed E-state index contributed by atoms with van der Waals surface area (Å²) >= 11 is 0. The standard InChI is InChI=1S/C21H21N3O/c1-15-7-5-8-16(13-15)14-20(25)22-21-18-11-6-12-19(18)23-24(21)17-9-3-2-4-10-17/h2-5,7-10,13H,6,11-12,14H2,1H3,(H,22,25). The van der Waals surface area contributed by atoms with Crippen molar-refractivity contribution >= 4 is 11.7 Å². The number of aryl methyl sites for hydroxylation is 2. The first-order valence-electron chi connectivity index (χ1n) is 8.72. The highest BCUT2D eigenvalue weighted by molar-refractivity contribution is 5.92. The molecule has 1 aromatic heterocycles.